The molecule has 2 aliphatic heterocycles. The molecule has 1 saturated heterocycles. The fourth-order valence-electron chi connectivity index (χ4n) is 3.56. The van der Waals surface area contributed by atoms with E-state index in [-0.39, 0.29) is 0 Å². The molecule has 144 valence electrons. The molecule has 0 aliphatic carbocycles. The Hall–Kier alpha value is -3.12. The summed E-state index contributed by atoms with van der Waals surface area (Å²) in [5, 5.41) is 0. The van der Waals surface area contributed by atoms with Gasteiger partial charge in [0.1, 0.15) is 5.75 Å². The van der Waals surface area contributed by atoms with E-state index in [4.69, 9.17) is 14.2 Å². The highest BCUT2D eigenvalue weighted by atomic mass is 16.8. The molecule has 2 aromatic carbocycles. The van der Waals surface area contributed by atoms with Gasteiger partial charge in [0.05, 0.1) is 0 Å². The molecule has 1 unspecified atom stereocenters. The number of benzene rings is 2. The van der Waals surface area contributed by atoms with E-state index >= 15 is 0 Å². The Morgan fingerprint density at radius 3 is 2.32 bits per heavy atom. The minimum atomic E-state index is -1.62. The lowest BCUT2D eigenvalue weighted by atomic mass is 10.2. The SMILES string of the molecule is Cc1ccccc1OC1CCN(Cc2ccccc2)C12OC(=O)C=CC(=O)O2. The summed E-state index contributed by atoms with van der Waals surface area (Å²) in [4.78, 5) is 26.3. The van der Waals surface area contributed by atoms with Crippen LogP contribution in [0.15, 0.2) is 66.7 Å². The zero-order valence-electron chi connectivity index (χ0n) is 15.5. The topological polar surface area (TPSA) is 65.1 Å². The van der Waals surface area contributed by atoms with Gasteiger partial charge in [0, 0.05) is 31.7 Å². The van der Waals surface area contributed by atoms with Gasteiger partial charge in [-0.1, -0.05) is 48.5 Å². The van der Waals surface area contributed by atoms with Gasteiger partial charge in [0.25, 0.3) is 0 Å². The number of rotatable bonds is 4. The number of likely N-dealkylation sites (tertiary alicyclic amines) is 1. The first-order chi connectivity index (χ1) is 13.6. The molecule has 2 aromatic rings. The predicted octanol–water partition coefficient (Wildman–Crippen LogP) is 2.96. The van der Waals surface area contributed by atoms with E-state index in [0.29, 0.717) is 25.3 Å². The molecule has 28 heavy (non-hydrogen) atoms. The number of nitrogens with zero attached hydrogens (tertiary/aromatic N) is 1. The van der Waals surface area contributed by atoms with Crippen molar-refractivity contribution in [2.24, 2.45) is 0 Å². The van der Waals surface area contributed by atoms with Crippen LogP contribution in [0.2, 0.25) is 0 Å². The monoisotopic (exact) mass is 379 g/mol. The van der Waals surface area contributed by atoms with Gasteiger partial charge in [-0.2, -0.15) is 0 Å². The van der Waals surface area contributed by atoms with Crippen molar-refractivity contribution in [1.82, 2.24) is 4.90 Å². The molecule has 4 rings (SSSR count). The Labute approximate surface area is 163 Å². The predicted molar refractivity (Wildman–Crippen MR) is 101 cm³/mol. The molecule has 0 aromatic heterocycles. The molecular formula is C22H21NO5. The first-order valence-corrected chi connectivity index (χ1v) is 9.22. The van der Waals surface area contributed by atoms with Crippen molar-refractivity contribution in [1.29, 1.82) is 0 Å². The Morgan fingerprint density at radius 2 is 1.64 bits per heavy atom. The van der Waals surface area contributed by atoms with E-state index in [9.17, 15) is 9.59 Å². The van der Waals surface area contributed by atoms with Crippen LogP contribution in [0.3, 0.4) is 0 Å². The number of para-hydroxylation sites is 1. The number of hydrogen-bond donors (Lipinski definition) is 0. The molecule has 6 nitrogen and oxygen atoms in total. The fraction of sp³-hybridized carbons (Fsp3) is 0.273. The number of aryl methyl sites for hydroxylation is 1. The largest absolute Gasteiger partial charge is 0.480 e. The van der Waals surface area contributed by atoms with Crippen LogP contribution in [0.4, 0.5) is 0 Å². The molecule has 1 fully saturated rings. The fourth-order valence-corrected chi connectivity index (χ4v) is 3.56. The van der Waals surface area contributed by atoms with Crippen LogP contribution < -0.4 is 4.74 Å². The van der Waals surface area contributed by atoms with Gasteiger partial charge in [0.15, 0.2) is 6.10 Å². The third-order valence-corrected chi connectivity index (χ3v) is 4.94. The van der Waals surface area contributed by atoms with Crippen LogP contribution in [-0.2, 0) is 25.6 Å². The molecule has 6 heteroatoms. The summed E-state index contributed by atoms with van der Waals surface area (Å²) in [7, 11) is 0. The van der Waals surface area contributed by atoms with Crippen LogP contribution >= 0.6 is 0 Å². The van der Waals surface area contributed by atoms with Crippen molar-refractivity contribution in [3.63, 3.8) is 0 Å². The maximum Gasteiger partial charge on any atom is 0.359 e. The Bertz CT molecular complexity index is 888. The lowest BCUT2D eigenvalue weighted by Gasteiger charge is -2.38. The normalized spacial score (nSPS) is 21.2. The average molecular weight is 379 g/mol. The first kappa shape index (κ1) is 18.3. The Morgan fingerprint density at radius 1 is 1.00 bits per heavy atom. The van der Waals surface area contributed by atoms with Crippen molar-refractivity contribution in [2.75, 3.05) is 6.54 Å². The van der Waals surface area contributed by atoms with Crippen molar-refractivity contribution >= 4 is 11.9 Å². The Balaban J connectivity index is 1.68. The molecule has 0 N–H and O–H groups in total. The number of carbonyl (C=O) groups excluding carboxylic acids is 2. The maximum absolute atomic E-state index is 12.2. The van der Waals surface area contributed by atoms with Gasteiger partial charge >= 0.3 is 17.8 Å². The van der Waals surface area contributed by atoms with Crippen molar-refractivity contribution in [2.45, 2.75) is 31.9 Å². The smallest absolute Gasteiger partial charge is 0.359 e. The van der Waals surface area contributed by atoms with E-state index in [1.165, 1.54) is 0 Å². The van der Waals surface area contributed by atoms with Gasteiger partial charge in [-0.15, -0.1) is 0 Å². The second-order valence-corrected chi connectivity index (χ2v) is 6.87. The molecule has 0 saturated carbocycles. The third-order valence-electron chi connectivity index (χ3n) is 4.94. The molecule has 1 atom stereocenters. The highest BCUT2D eigenvalue weighted by Crippen LogP contribution is 2.38. The van der Waals surface area contributed by atoms with Gasteiger partial charge in [0.2, 0.25) is 0 Å². The quantitative estimate of drug-likeness (QED) is 0.761. The highest BCUT2D eigenvalue weighted by molar-refractivity contribution is 5.93. The van der Waals surface area contributed by atoms with Crippen LogP contribution in [0, 0.1) is 6.92 Å². The standard InChI is InChI=1S/C22H21NO5/c1-16-7-5-6-10-18(16)26-19-13-14-23(15-17-8-3-2-4-9-17)22(19)27-20(24)11-12-21(25)28-22/h2-12,19H,13-15H2,1H3. The van der Waals surface area contributed by atoms with Gasteiger partial charge in [-0.3, -0.25) is 0 Å². The first-order valence-electron chi connectivity index (χ1n) is 9.22. The van der Waals surface area contributed by atoms with E-state index in [1.54, 1.807) is 0 Å². The summed E-state index contributed by atoms with van der Waals surface area (Å²) < 4.78 is 17.5. The van der Waals surface area contributed by atoms with Gasteiger partial charge in [-0.25, -0.2) is 14.5 Å². The molecule has 0 radical (unpaired) electrons. The minimum Gasteiger partial charge on any atom is -0.480 e. The molecule has 2 heterocycles. The zero-order chi connectivity index (χ0) is 19.6. The summed E-state index contributed by atoms with van der Waals surface area (Å²) >= 11 is 0. The number of carbonyl (C=O) groups is 2. The second-order valence-electron chi connectivity index (χ2n) is 6.87. The molecule has 2 aliphatic rings. The van der Waals surface area contributed by atoms with Crippen molar-refractivity contribution in [3.8, 4) is 5.75 Å². The summed E-state index contributed by atoms with van der Waals surface area (Å²) in [5.74, 6) is -2.22. The van der Waals surface area contributed by atoms with Gasteiger partial charge < -0.3 is 14.2 Å². The van der Waals surface area contributed by atoms with Crippen LogP contribution in [0.1, 0.15) is 17.5 Å². The lowest BCUT2D eigenvalue weighted by molar-refractivity contribution is -0.295. The second kappa shape index (κ2) is 7.48. The zero-order valence-corrected chi connectivity index (χ0v) is 15.5. The van der Waals surface area contributed by atoms with Crippen LogP contribution in [-0.4, -0.2) is 35.4 Å². The van der Waals surface area contributed by atoms with E-state index < -0.39 is 24.0 Å². The molecule has 1 spiro atoms. The van der Waals surface area contributed by atoms with E-state index in [2.05, 4.69) is 0 Å². The minimum absolute atomic E-state index is 0.453. The third kappa shape index (κ3) is 3.51. The van der Waals surface area contributed by atoms with E-state index in [0.717, 1.165) is 23.3 Å². The Kier molecular flexibility index (Phi) is 4.88. The van der Waals surface area contributed by atoms with Crippen LogP contribution in [0.25, 0.3) is 0 Å². The van der Waals surface area contributed by atoms with Crippen molar-refractivity contribution in [3.05, 3.63) is 77.9 Å². The lowest BCUT2D eigenvalue weighted by Crippen LogP contribution is -2.57. The molecule has 0 bridgehead atoms. The highest BCUT2D eigenvalue weighted by Gasteiger charge is 2.58. The molecule has 0 amide bonds. The number of hydrogen-bond acceptors (Lipinski definition) is 6. The van der Waals surface area contributed by atoms with Crippen molar-refractivity contribution < 1.29 is 23.8 Å². The van der Waals surface area contributed by atoms with E-state index in [1.807, 2.05) is 66.4 Å². The average Bonchev–Trinajstić information content (AvgIpc) is 2.89. The summed E-state index contributed by atoms with van der Waals surface area (Å²) in [5.41, 5.74) is 1.96. The number of esters is 2. The summed E-state index contributed by atoms with van der Waals surface area (Å²) in [6, 6.07) is 17.3. The van der Waals surface area contributed by atoms with Crippen LogP contribution in [0.5, 0.6) is 5.75 Å². The number of ether oxygens (including phenoxy) is 3. The summed E-state index contributed by atoms with van der Waals surface area (Å²) in [6.07, 6.45) is 2.06. The molecular weight excluding hydrogens is 358 g/mol. The maximum atomic E-state index is 12.2. The van der Waals surface area contributed by atoms with Gasteiger partial charge in [-0.05, 0) is 24.1 Å². The summed E-state index contributed by atoms with van der Waals surface area (Å²) in [6.45, 7) is 2.94.